The summed E-state index contributed by atoms with van der Waals surface area (Å²) in [5.41, 5.74) is 1.21. The number of nitrogens with zero attached hydrogens (tertiary/aromatic N) is 1. The highest BCUT2D eigenvalue weighted by molar-refractivity contribution is 6.10. The van der Waals surface area contributed by atoms with Crippen molar-refractivity contribution in [2.45, 2.75) is 0 Å². The molecule has 0 aromatic heterocycles. The predicted molar refractivity (Wildman–Crippen MR) is 54.5 cm³/mol. The smallest absolute Gasteiger partial charge is 0.253 e. The van der Waals surface area contributed by atoms with Gasteiger partial charge in [0.25, 0.3) is 5.91 Å². The Morgan fingerprint density at radius 2 is 2.20 bits per heavy atom. The van der Waals surface area contributed by atoms with Crippen LogP contribution >= 0.6 is 0 Å². The number of aliphatic hydroxyl groups is 1. The van der Waals surface area contributed by atoms with Crippen LogP contribution in [0.2, 0.25) is 0 Å². The van der Waals surface area contributed by atoms with Crippen molar-refractivity contribution >= 4 is 23.2 Å². The van der Waals surface area contributed by atoms with Crippen molar-refractivity contribution in [2.75, 3.05) is 23.4 Å². The summed E-state index contributed by atoms with van der Waals surface area (Å²) >= 11 is 0. The number of benzene rings is 1. The van der Waals surface area contributed by atoms with Gasteiger partial charge in [-0.3, -0.25) is 14.5 Å². The summed E-state index contributed by atoms with van der Waals surface area (Å²) in [4.78, 5) is 23.9. The molecule has 0 atom stereocenters. The first-order valence-electron chi connectivity index (χ1n) is 4.52. The molecule has 2 rings (SSSR count). The predicted octanol–water partition coefficient (Wildman–Crippen LogP) is -0.0360. The number of hydrogen-bond donors (Lipinski definition) is 2. The lowest BCUT2D eigenvalue weighted by Gasteiger charge is -2.28. The minimum Gasteiger partial charge on any atom is -0.387 e. The molecular formula is C10H10N2O3. The van der Waals surface area contributed by atoms with E-state index < -0.39 is 12.5 Å². The van der Waals surface area contributed by atoms with Crippen molar-refractivity contribution in [3.8, 4) is 0 Å². The van der Waals surface area contributed by atoms with E-state index >= 15 is 0 Å². The quantitative estimate of drug-likeness (QED) is 0.677. The van der Waals surface area contributed by atoms with Crippen LogP contribution in [-0.2, 0) is 9.59 Å². The summed E-state index contributed by atoms with van der Waals surface area (Å²) in [7, 11) is 0. The number of carbonyl (C=O) groups is 2. The van der Waals surface area contributed by atoms with E-state index in [-0.39, 0.29) is 12.5 Å². The lowest BCUT2D eigenvalue weighted by molar-refractivity contribution is -0.123. The molecular weight excluding hydrogens is 196 g/mol. The summed E-state index contributed by atoms with van der Waals surface area (Å²) in [6.45, 7) is -0.641. The monoisotopic (exact) mass is 206 g/mol. The summed E-state index contributed by atoms with van der Waals surface area (Å²) in [6, 6.07) is 6.98. The van der Waals surface area contributed by atoms with Gasteiger partial charge in [0.1, 0.15) is 13.2 Å². The van der Waals surface area contributed by atoms with E-state index in [0.29, 0.717) is 11.4 Å². The second-order valence-corrected chi connectivity index (χ2v) is 3.20. The zero-order chi connectivity index (χ0) is 10.8. The van der Waals surface area contributed by atoms with Crippen LogP contribution in [0.15, 0.2) is 24.3 Å². The first-order chi connectivity index (χ1) is 7.22. The zero-order valence-corrected chi connectivity index (χ0v) is 7.93. The molecule has 1 aromatic rings. The molecule has 0 saturated heterocycles. The van der Waals surface area contributed by atoms with Gasteiger partial charge >= 0.3 is 0 Å². The van der Waals surface area contributed by atoms with E-state index in [1.165, 1.54) is 4.90 Å². The maximum absolute atomic E-state index is 11.4. The second kappa shape index (κ2) is 3.70. The fourth-order valence-corrected chi connectivity index (χ4v) is 1.54. The Balaban J connectivity index is 2.42. The lowest BCUT2D eigenvalue weighted by atomic mass is 10.2. The lowest BCUT2D eigenvalue weighted by Crippen LogP contribution is -2.43. The molecule has 0 aliphatic carbocycles. The van der Waals surface area contributed by atoms with Crippen LogP contribution in [-0.4, -0.2) is 30.1 Å². The fourth-order valence-electron chi connectivity index (χ4n) is 1.54. The zero-order valence-electron chi connectivity index (χ0n) is 7.93. The average Bonchev–Trinajstić information content (AvgIpc) is 2.26. The molecule has 2 N–H and O–H groups in total. The molecule has 5 heteroatoms. The van der Waals surface area contributed by atoms with Gasteiger partial charge in [-0.15, -0.1) is 0 Å². The molecule has 5 nitrogen and oxygen atoms in total. The van der Waals surface area contributed by atoms with Crippen molar-refractivity contribution < 1.29 is 14.7 Å². The van der Waals surface area contributed by atoms with Crippen molar-refractivity contribution in [1.82, 2.24) is 0 Å². The molecule has 0 unspecified atom stereocenters. The maximum Gasteiger partial charge on any atom is 0.253 e. The number of para-hydroxylation sites is 2. The first kappa shape index (κ1) is 9.67. The summed E-state index contributed by atoms with van der Waals surface area (Å²) in [6.07, 6.45) is 0. The van der Waals surface area contributed by atoms with Gasteiger partial charge in [-0.2, -0.15) is 0 Å². The third kappa shape index (κ3) is 1.69. The van der Waals surface area contributed by atoms with Gasteiger partial charge in [0.15, 0.2) is 0 Å². The van der Waals surface area contributed by atoms with Crippen LogP contribution < -0.4 is 10.2 Å². The molecule has 0 fully saturated rings. The Morgan fingerprint density at radius 3 is 2.93 bits per heavy atom. The van der Waals surface area contributed by atoms with Crippen LogP contribution in [0.25, 0.3) is 0 Å². The number of rotatable bonds is 1. The normalized spacial score (nSPS) is 14.5. The van der Waals surface area contributed by atoms with Gasteiger partial charge in [0.2, 0.25) is 5.91 Å². The van der Waals surface area contributed by atoms with Gasteiger partial charge in [-0.25, -0.2) is 0 Å². The van der Waals surface area contributed by atoms with Crippen molar-refractivity contribution in [3.05, 3.63) is 24.3 Å². The Kier molecular flexibility index (Phi) is 2.39. The van der Waals surface area contributed by atoms with Crippen LogP contribution in [0.1, 0.15) is 0 Å². The molecule has 0 spiro atoms. The molecule has 0 radical (unpaired) electrons. The van der Waals surface area contributed by atoms with E-state index in [9.17, 15) is 9.59 Å². The Bertz CT molecular complexity index is 417. The van der Waals surface area contributed by atoms with Gasteiger partial charge in [-0.05, 0) is 12.1 Å². The number of aliphatic hydroxyl groups excluding tert-OH is 1. The molecule has 1 aliphatic heterocycles. The first-order valence-corrected chi connectivity index (χ1v) is 4.52. The summed E-state index contributed by atoms with van der Waals surface area (Å²) in [5.74, 6) is -0.729. The number of nitrogens with one attached hydrogen (secondary N) is 1. The topological polar surface area (TPSA) is 69.6 Å². The highest BCUT2D eigenvalue weighted by Crippen LogP contribution is 2.28. The minimum absolute atomic E-state index is 0.0452. The fraction of sp³-hybridized carbons (Fsp3) is 0.200. The highest BCUT2D eigenvalue weighted by atomic mass is 16.3. The Labute approximate surface area is 86.3 Å². The van der Waals surface area contributed by atoms with Crippen LogP contribution in [0.4, 0.5) is 11.4 Å². The second-order valence-electron chi connectivity index (χ2n) is 3.20. The van der Waals surface area contributed by atoms with E-state index in [0.717, 1.165) is 0 Å². The third-order valence-corrected chi connectivity index (χ3v) is 2.21. The molecule has 1 aromatic carbocycles. The molecule has 2 amide bonds. The summed E-state index contributed by atoms with van der Waals surface area (Å²) < 4.78 is 0. The number of anilines is 2. The number of hydrogen-bond acceptors (Lipinski definition) is 3. The van der Waals surface area contributed by atoms with Gasteiger partial charge in [0.05, 0.1) is 11.4 Å². The van der Waals surface area contributed by atoms with E-state index in [1.807, 2.05) is 0 Å². The number of amides is 2. The van der Waals surface area contributed by atoms with Crippen LogP contribution in [0.5, 0.6) is 0 Å². The van der Waals surface area contributed by atoms with Crippen LogP contribution in [0, 0.1) is 0 Å². The van der Waals surface area contributed by atoms with Crippen molar-refractivity contribution in [1.29, 1.82) is 0 Å². The average molecular weight is 206 g/mol. The standard InChI is InChI=1S/C10H10N2O3/c13-6-10(15)12-5-9(14)11-7-3-1-2-4-8(7)12/h1-4,13H,5-6H2,(H,11,14). The molecule has 78 valence electrons. The molecule has 1 heterocycles. The van der Waals surface area contributed by atoms with E-state index in [1.54, 1.807) is 24.3 Å². The SMILES string of the molecule is O=C1CN(C(=O)CO)c2ccccc2N1. The van der Waals surface area contributed by atoms with Crippen molar-refractivity contribution in [3.63, 3.8) is 0 Å². The number of carbonyl (C=O) groups excluding carboxylic acids is 2. The van der Waals surface area contributed by atoms with Gasteiger partial charge < -0.3 is 10.4 Å². The molecule has 0 saturated carbocycles. The molecule has 0 bridgehead atoms. The summed E-state index contributed by atoms with van der Waals surface area (Å²) in [5, 5.41) is 11.4. The Hall–Kier alpha value is -1.88. The molecule has 1 aliphatic rings. The van der Waals surface area contributed by atoms with E-state index in [2.05, 4.69) is 5.32 Å². The highest BCUT2D eigenvalue weighted by Gasteiger charge is 2.25. The van der Waals surface area contributed by atoms with Crippen LogP contribution in [0.3, 0.4) is 0 Å². The number of fused-ring (bicyclic) bond motifs is 1. The maximum atomic E-state index is 11.4. The van der Waals surface area contributed by atoms with Crippen molar-refractivity contribution in [2.24, 2.45) is 0 Å². The van der Waals surface area contributed by atoms with Gasteiger partial charge in [-0.1, -0.05) is 12.1 Å². The third-order valence-electron chi connectivity index (χ3n) is 2.21. The largest absolute Gasteiger partial charge is 0.387 e. The van der Waals surface area contributed by atoms with Gasteiger partial charge in [0, 0.05) is 0 Å². The molecule has 15 heavy (non-hydrogen) atoms. The Morgan fingerprint density at radius 1 is 1.47 bits per heavy atom. The minimum atomic E-state index is -0.596. The van der Waals surface area contributed by atoms with E-state index in [4.69, 9.17) is 5.11 Å².